The monoisotopic (exact) mass is 297 g/mol. The summed E-state index contributed by atoms with van der Waals surface area (Å²) >= 11 is 0. The van der Waals surface area contributed by atoms with Crippen molar-refractivity contribution in [2.75, 3.05) is 13.2 Å². The van der Waals surface area contributed by atoms with E-state index in [1.165, 1.54) is 33.4 Å². The summed E-state index contributed by atoms with van der Waals surface area (Å²) in [5.41, 5.74) is 7.90. The molecule has 0 fully saturated rings. The highest BCUT2D eigenvalue weighted by atomic mass is 16.3. The standard InChI is InChI=1S/C20H27NO/c1-15-5-7-17(3)19(11-15)13-21(9-10-22)14-20-12-16(2)6-8-18(20)4/h5-8,11-12,22H,9-10,13-14H2,1-4H3. The van der Waals surface area contributed by atoms with Gasteiger partial charge in [-0.1, -0.05) is 47.5 Å². The van der Waals surface area contributed by atoms with Crippen LogP contribution < -0.4 is 0 Å². The molecule has 2 aromatic rings. The zero-order valence-corrected chi connectivity index (χ0v) is 14.2. The number of nitrogens with zero attached hydrogens (tertiary/aromatic N) is 1. The van der Waals surface area contributed by atoms with E-state index in [1.54, 1.807) is 0 Å². The molecule has 2 aromatic carbocycles. The molecule has 0 heterocycles. The van der Waals surface area contributed by atoms with Gasteiger partial charge in [-0.2, -0.15) is 0 Å². The Hall–Kier alpha value is -1.64. The van der Waals surface area contributed by atoms with Crippen LogP contribution in [0.3, 0.4) is 0 Å². The zero-order valence-electron chi connectivity index (χ0n) is 14.2. The smallest absolute Gasteiger partial charge is 0.0558 e. The number of aryl methyl sites for hydroxylation is 4. The molecule has 0 bridgehead atoms. The highest BCUT2D eigenvalue weighted by Gasteiger charge is 2.10. The molecule has 0 unspecified atom stereocenters. The number of aliphatic hydroxyl groups excluding tert-OH is 1. The van der Waals surface area contributed by atoms with E-state index < -0.39 is 0 Å². The summed E-state index contributed by atoms with van der Waals surface area (Å²) in [6, 6.07) is 13.2. The SMILES string of the molecule is Cc1ccc(C)c(CN(CCO)Cc2cc(C)ccc2C)c1. The Morgan fingerprint density at radius 3 is 1.64 bits per heavy atom. The summed E-state index contributed by atoms with van der Waals surface area (Å²) in [6.07, 6.45) is 0. The first kappa shape index (κ1) is 16.7. The van der Waals surface area contributed by atoms with Gasteiger partial charge in [0.1, 0.15) is 0 Å². The molecule has 2 nitrogen and oxygen atoms in total. The Bertz CT molecular complexity index is 580. The normalized spacial score (nSPS) is 11.2. The maximum Gasteiger partial charge on any atom is 0.0558 e. The molecular weight excluding hydrogens is 270 g/mol. The van der Waals surface area contributed by atoms with Crippen molar-refractivity contribution in [3.05, 3.63) is 69.8 Å². The summed E-state index contributed by atoms with van der Waals surface area (Å²) in [5.74, 6) is 0. The number of hydrogen-bond acceptors (Lipinski definition) is 2. The summed E-state index contributed by atoms with van der Waals surface area (Å²) in [5, 5.41) is 9.40. The lowest BCUT2D eigenvalue weighted by atomic mass is 10.0. The van der Waals surface area contributed by atoms with Gasteiger partial charge in [0.2, 0.25) is 0 Å². The first-order chi connectivity index (χ1) is 10.5. The van der Waals surface area contributed by atoms with E-state index in [4.69, 9.17) is 0 Å². The Morgan fingerprint density at radius 1 is 0.773 bits per heavy atom. The fourth-order valence-electron chi connectivity index (χ4n) is 2.78. The maximum absolute atomic E-state index is 9.40. The quantitative estimate of drug-likeness (QED) is 0.873. The molecule has 0 aliphatic rings. The molecule has 0 saturated carbocycles. The second kappa shape index (κ2) is 7.57. The minimum Gasteiger partial charge on any atom is -0.395 e. The van der Waals surface area contributed by atoms with Crippen LogP contribution in [0, 0.1) is 27.7 Å². The number of aliphatic hydroxyl groups is 1. The molecule has 0 saturated heterocycles. The predicted molar refractivity (Wildman–Crippen MR) is 93.0 cm³/mol. The maximum atomic E-state index is 9.40. The van der Waals surface area contributed by atoms with Crippen molar-refractivity contribution in [3.63, 3.8) is 0 Å². The largest absolute Gasteiger partial charge is 0.395 e. The molecule has 0 aromatic heterocycles. The predicted octanol–water partition coefficient (Wildman–Crippen LogP) is 3.91. The topological polar surface area (TPSA) is 23.5 Å². The van der Waals surface area contributed by atoms with Gasteiger partial charge >= 0.3 is 0 Å². The van der Waals surface area contributed by atoms with Crippen LogP contribution >= 0.6 is 0 Å². The molecule has 0 amide bonds. The van der Waals surface area contributed by atoms with Crippen molar-refractivity contribution in [1.29, 1.82) is 0 Å². The summed E-state index contributed by atoms with van der Waals surface area (Å²) in [4.78, 5) is 2.32. The van der Waals surface area contributed by atoms with Gasteiger partial charge in [0.25, 0.3) is 0 Å². The molecular formula is C20H27NO. The molecule has 1 N–H and O–H groups in total. The first-order valence-corrected chi connectivity index (χ1v) is 7.95. The third kappa shape index (κ3) is 4.43. The van der Waals surface area contributed by atoms with E-state index >= 15 is 0 Å². The molecule has 2 rings (SSSR count). The Kier molecular flexibility index (Phi) is 5.76. The van der Waals surface area contributed by atoms with Crippen LogP contribution in [-0.4, -0.2) is 23.2 Å². The number of benzene rings is 2. The van der Waals surface area contributed by atoms with Crippen LogP contribution in [-0.2, 0) is 13.1 Å². The van der Waals surface area contributed by atoms with Gasteiger partial charge in [-0.3, -0.25) is 4.90 Å². The molecule has 0 radical (unpaired) electrons. The number of rotatable bonds is 6. The highest BCUT2D eigenvalue weighted by Crippen LogP contribution is 2.17. The third-order valence-corrected chi connectivity index (χ3v) is 4.21. The minimum atomic E-state index is 0.190. The zero-order chi connectivity index (χ0) is 16.1. The summed E-state index contributed by atoms with van der Waals surface area (Å²) < 4.78 is 0. The van der Waals surface area contributed by atoms with Gasteiger partial charge in [-0.05, 0) is 49.9 Å². The molecule has 0 atom stereocenters. The highest BCUT2D eigenvalue weighted by molar-refractivity contribution is 5.32. The molecule has 0 spiro atoms. The van der Waals surface area contributed by atoms with Gasteiger partial charge in [0, 0.05) is 19.6 Å². The second-order valence-corrected chi connectivity index (χ2v) is 6.29. The fourth-order valence-corrected chi connectivity index (χ4v) is 2.78. The molecule has 0 aliphatic carbocycles. The van der Waals surface area contributed by atoms with Crippen LogP contribution in [0.25, 0.3) is 0 Å². The van der Waals surface area contributed by atoms with Crippen LogP contribution in [0.15, 0.2) is 36.4 Å². The van der Waals surface area contributed by atoms with E-state index in [0.29, 0.717) is 6.54 Å². The third-order valence-electron chi connectivity index (χ3n) is 4.21. The molecule has 0 aliphatic heterocycles. The van der Waals surface area contributed by atoms with Gasteiger partial charge in [0.05, 0.1) is 6.61 Å². The van der Waals surface area contributed by atoms with Crippen molar-refractivity contribution < 1.29 is 5.11 Å². The van der Waals surface area contributed by atoms with Crippen molar-refractivity contribution in [3.8, 4) is 0 Å². The molecule has 2 heteroatoms. The van der Waals surface area contributed by atoms with E-state index in [2.05, 4.69) is 69.0 Å². The van der Waals surface area contributed by atoms with E-state index in [1.807, 2.05) is 0 Å². The van der Waals surface area contributed by atoms with Crippen molar-refractivity contribution in [1.82, 2.24) is 4.90 Å². The van der Waals surface area contributed by atoms with Crippen molar-refractivity contribution >= 4 is 0 Å². The number of hydrogen-bond donors (Lipinski definition) is 1. The van der Waals surface area contributed by atoms with E-state index in [9.17, 15) is 5.11 Å². The van der Waals surface area contributed by atoms with Gasteiger partial charge < -0.3 is 5.11 Å². The molecule has 22 heavy (non-hydrogen) atoms. The summed E-state index contributed by atoms with van der Waals surface area (Å²) in [7, 11) is 0. The van der Waals surface area contributed by atoms with Gasteiger partial charge in [-0.15, -0.1) is 0 Å². The van der Waals surface area contributed by atoms with E-state index in [0.717, 1.165) is 13.1 Å². The Balaban J connectivity index is 2.19. The lowest BCUT2D eigenvalue weighted by molar-refractivity contribution is 0.184. The van der Waals surface area contributed by atoms with Crippen LogP contribution in [0.5, 0.6) is 0 Å². The van der Waals surface area contributed by atoms with Crippen LogP contribution in [0.4, 0.5) is 0 Å². The second-order valence-electron chi connectivity index (χ2n) is 6.29. The van der Waals surface area contributed by atoms with Crippen molar-refractivity contribution in [2.45, 2.75) is 40.8 Å². The van der Waals surface area contributed by atoms with Crippen LogP contribution in [0.1, 0.15) is 33.4 Å². The van der Waals surface area contributed by atoms with Gasteiger partial charge in [-0.25, -0.2) is 0 Å². The average molecular weight is 297 g/mol. The average Bonchev–Trinajstić information content (AvgIpc) is 2.47. The van der Waals surface area contributed by atoms with Gasteiger partial charge in [0.15, 0.2) is 0 Å². The lowest BCUT2D eigenvalue weighted by Crippen LogP contribution is -2.26. The minimum absolute atomic E-state index is 0.190. The van der Waals surface area contributed by atoms with E-state index in [-0.39, 0.29) is 6.61 Å². The summed E-state index contributed by atoms with van der Waals surface area (Å²) in [6.45, 7) is 11.2. The fraction of sp³-hybridized carbons (Fsp3) is 0.400. The Morgan fingerprint density at radius 2 is 1.23 bits per heavy atom. The van der Waals surface area contributed by atoms with Crippen molar-refractivity contribution in [2.24, 2.45) is 0 Å². The molecule has 118 valence electrons. The Labute approximate surface area is 134 Å². The first-order valence-electron chi connectivity index (χ1n) is 7.95. The lowest BCUT2D eigenvalue weighted by Gasteiger charge is -2.24. The van der Waals surface area contributed by atoms with Crippen LogP contribution in [0.2, 0.25) is 0 Å².